The van der Waals surface area contributed by atoms with Gasteiger partial charge < -0.3 is 14.4 Å². The Morgan fingerprint density at radius 3 is 2.68 bits per heavy atom. The minimum Gasteiger partial charge on any atom is -0.508 e. The molecule has 0 fully saturated rings. The first kappa shape index (κ1) is 20.9. The Morgan fingerprint density at radius 1 is 1.13 bits per heavy atom. The molecule has 1 amide bonds. The van der Waals surface area contributed by atoms with Gasteiger partial charge in [-0.2, -0.15) is 0 Å². The van der Waals surface area contributed by atoms with E-state index in [4.69, 9.17) is 9.72 Å². The number of unbranched alkanes of at least 4 members (excludes halogenated alkanes) is 2. The van der Waals surface area contributed by atoms with E-state index in [9.17, 15) is 14.7 Å². The Hall–Kier alpha value is -3.35. The van der Waals surface area contributed by atoms with Gasteiger partial charge in [0.25, 0.3) is 0 Å². The number of esters is 1. The lowest BCUT2D eigenvalue weighted by atomic mass is 9.89. The van der Waals surface area contributed by atoms with Crippen molar-refractivity contribution in [1.82, 2.24) is 9.55 Å². The molecule has 0 aliphatic carbocycles. The van der Waals surface area contributed by atoms with Crippen molar-refractivity contribution < 1.29 is 19.4 Å². The third kappa shape index (κ3) is 3.76. The second-order valence-electron chi connectivity index (χ2n) is 7.74. The lowest BCUT2D eigenvalue weighted by molar-refractivity contribution is -0.153. The van der Waals surface area contributed by atoms with Crippen molar-refractivity contribution in [2.75, 3.05) is 18.1 Å². The number of ether oxygens (including phenoxy) is 1. The Kier molecular flexibility index (Phi) is 5.93. The molecule has 7 heteroatoms. The summed E-state index contributed by atoms with van der Waals surface area (Å²) in [6, 6.07) is 13.7. The van der Waals surface area contributed by atoms with Gasteiger partial charge in [-0.05, 0) is 43.2 Å². The number of hydrogen-bond donors (Lipinski definition) is 1. The molecule has 4 rings (SSSR count). The number of carbonyl (C=O) groups is 2. The number of carbonyl (C=O) groups excluding carboxylic acids is 2. The summed E-state index contributed by atoms with van der Waals surface area (Å²) >= 11 is 0. The molecular formula is C24H27N3O4. The number of fused-ring (bicyclic) bond motifs is 3. The average molecular weight is 421 g/mol. The summed E-state index contributed by atoms with van der Waals surface area (Å²) in [6.45, 7) is 4.50. The molecule has 0 saturated heterocycles. The lowest BCUT2D eigenvalue weighted by Gasteiger charge is -2.38. The van der Waals surface area contributed by atoms with Gasteiger partial charge in [0.1, 0.15) is 5.75 Å². The Morgan fingerprint density at radius 2 is 1.94 bits per heavy atom. The first-order valence-corrected chi connectivity index (χ1v) is 10.8. The molecule has 1 N–H and O–H groups in total. The zero-order chi connectivity index (χ0) is 22.0. The van der Waals surface area contributed by atoms with Crippen LogP contribution < -0.4 is 4.90 Å². The fourth-order valence-corrected chi connectivity index (χ4v) is 4.29. The molecular weight excluding hydrogens is 394 g/mol. The summed E-state index contributed by atoms with van der Waals surface area (Å²) in [5.74, 6) is -1.34. The van der Waals surface area contributed by atoms with Gasteiger partial charge >= 0.3 is 5.97 Å². The summed E-state index contributed by atoms with van der Waals surface area (Å²) in [5.41, 5.74) is 2.23. The number of imidazole rings is 1. The highest BCUT2D eigenvalue weighted by Crippen LogP contribution is 2.41. The number of aromatic hydroxyl groups is 1. The Labute approximate surface area is 181 Å². The number of rotatable bonds is 7. The van der Waals surface area contributed by atoms with Crippen LogP contribution in [-0.4, -0.2) is 39.7 Å². The first-order valence-electron chi connectivity index (χ1n) is 10.8. The second kappa shape index (κ2) is 8.79. The largest absolute Gasteiger partial charge is 0.508 e. The highest BCUT2D eigenvalue weighted by molar-refractivity contribution is 6.08. The van der Waals surface area contributed by atoms with Crippen LogP contribution in [0.2, 0.25) is 0 Å². The molecule has 7 nitrogen and oxygen atoms in total. The Balaban J connectivity index is 1.94. The Bertz CT molecular complexity index is 1110. The van der Waals surface area contributed by atoms with Crippen LogP contribution in [0.15, 0.2) is 48.5 Å². The van der Waals surface area contributed by atoms with Gasteiger partial charge in [-0.25, -0.2) is 4.98 Å². The molecule has 0 unspecified atom stereocenters. The molecule has 1 aliphatic rings. The number of nitrogens with zero attached hydrogens (tertiary/aromatic N) is 3. The average Bonchev–Trinajstić information content (AvgIpc) is 3.14. The van der Waals surface area contributed by atoms with Gasteiger partial charge in [0.15, 0.2) is 5.92 Å². The minimum atomic E-state index is -1.06. The molecule has 2 aromatic carbocycles. The summed E-state index contributed by atoms with van der Waals surface area (Å²) < 4.78 is 7.27. The standard InChI is InChI=1S/C24H27N3O4/c1-3-5-8-14-26-22(29)20(23(30)31-4-2)21(16-10-9-11-17(28)15-16)27-19-13-7-6-12-18(19)25-24(26)27/h6-7,9-13,15,20-21,28H,3-5,8,14H2,1-2H3/t20-,21+/m0/s1. The molecule has 162 valence electrons. The zero-order valence-electron chi connectivity index (χ0n) is 17.8. The second-order valence-corrected chi connectivity index (χ2v) is 7.74. The summed E-state index contributed by atoms with van der Waals surface area (Å²) in [7, 11) is 0. The zero-order valence-corrected chi connectivity index (χ0v) is 17.8. The molecule has 0 saturated carbocycles. The van der Waals surface area contributed by atoms with Crippen LogP contribution in [0.4, 0.5) is 5.95 Å². The van der Waals surface area contributed by atoms with Crippen LogP contribution in [0.5, 0.6) is 5.75 Å². The van der Waals surface area contributed by atoms with Crippen molar-refractivity contribution in [2.24, 2.45) is 5.92 Å². The van der Waals surface area contributed by atoms with Crippen molar-refractivity contribution in [2.45, 2.75) is 39.2 Å². The van der Waals surface area contributed by atoms with E-state index in [-0.39, 0.29) is 18.3 Å². The minimum absolute atomic E-state index is 0.0731. The third-order valence-electron chi connectivity index (χ3n) is 5.68. The van der Waals surface area contributed by atoms with E-state index in [1.54, 1.807) is 30.0 Å². The molecule has 2 atom stereocenters. The van der Waals surface area contributed by atoms with Crippen molar-refractivity contribution in [1.29, 1.82) is 0 Å². The summed E-state index contributed by atoms with van der Waals surface area (Å²) in [5, 5.41) is 10.1. The van der Waals surface area contributed by atoms with E-state index in [2.05, 4.69) is 6.92 Å². The molecule has 0 radical (unpaired) electrons. The van der Waals surface area contributed by atoms with Gasteiger partial charge in [0, 0.05) is 6.54 Å². The summed E-state index contributed by atoms with van der Waals surface area (Å²) in [4.78, 5) is 33.1. The van der Waals surface area contributed by atoms with Crippen molar-refractivity contribution in [3.8, 4) is 5.75 Å². The van der Waals surface area contributed by atoms with Crippen molar-refractivity contribution >= 4 is 28.9 Å². The number of hydrogen-bond acceptors (Lipinski definition) is 5. The third-order valence-corrected chi connectivity index (χ3v) is 5.68. The van der Waals surface area contributed by atoms with E-state index in [1.807, 2.05) is 34.9 Å². The molecule has 3 aromatic rings. The number of para-hydroxylation sites is 2. The number of benzene rings is 2. The fourth-order valence-electron chi connectivity index (χ4n) is 4.29. The summed E-state index contributed by atoms with van der Waals surface area (Å²) in [6.07, 6.45) is 2.81. The lowest BCUT2D eigenvalue weighted by Crippen LogP contribution is -2.50. The first-order chi connectivity index (χ1) is 15.1. The van der Waals surface area contributed by atoms with Crippen LogP contribution in [0.1, 0.15) is 44.7 Å². The molecule has 1 aromatic heterocycles. The van der Waals surface area contributed by atoms with Crippen LogP contribution in [0.25, 0.3) is 11.0 Å². The maximum absolute atomic E-state index is 13.7. The molecule has 0 spiro atoms. The van der Waals surface area contributed by atoms with Crippen LogP contribution in [-0.2, 0) is 14.3 Å². The quantitative estimate of drug-likeness (QED) is 0.353. The number of anilines is 1. The van der Waals surface area contributed by atoms with Crippen molar-refractivity contribution in [3.05, 3.63) is 54.1 Å². The predicted molar refractivity (Wildman–Crippen MR) is 118 cm³/mol. The SMILES string of the molecule is CCCCCN1C(=O)[C@@H](C(=O)OCC)[C@@H](c2cccc(O)c2)n2c1nc1ccccc12. The maximum Gasteiger partial charge on any atom is 0.321 e. The fraction of sp³-hybridized carbons (Fsp3) is 0.375. The smallest absolute Gasteiger partial charge is 0.321 e. The highest BCUT2D eigenvalue weighted by atomic mass is 16.5. The monoisotopic (exact) mass is 421 g/mol. The van der Waals surface area contributed by atoms with Crippen LogP contribution in [0.3, 0.4) is 0 Å². The van der Waals surface area contributed by atoms with Crippen LogP contribution >= 0.6 is 0 Å². The maximum atomic E-state index is 13.7. The van der Waals surface area contributed by atoms with Gasteiger partial charge in [-0.15, -0.1) is 0 Å². The number of aromatic nitrogens is 2. The molecule has 31 heavy (non-hydrogen) atoms. The molecule has 0 bridgehead atoms. The van der Waals surface area contributed by atoms with Crippen LogP contribution in [0, 0.1) is 5.92 Å². The predicted octanol–water partition coefficient (Wildman–Crippen LogP) is 4.05. The molecule has 2 heterocycles. The van der Waals surface area contributed by atoms with E-state index in [0.717, 1.165) is 30.3 Å². The van der Waals surface area contributed by atoms with E-state index >= 15 is 0 Å². The molecule has 1 aliphatic heterocycles. The van der Waals surface area contributed by atoms with Gasteiger partial charge in [-0.3, -0.25) is 14.5 Å². The number of phenols is 1. The van der Waals surface area contributed by atoms with Crippen molar-refractivity contribution in [3.63, 3.8) is 0 Å². The normalized spacial score (nSPS) is 18.3. The van der Waals surface area contributed by atoms with Gasteiger partial charge in [0.2, 0.25) is 11.9 Å². The van der Waals surface area contributed by atoms with Gasteiger partial charge in [-0.1, -0.05) is 44.0 Å². The van der Waals surface area contributed by atoms with Gasteiger partial charge in [0.05, 0.1) is 23.7 Å². The van der Waals surface area contributed by atoms with E-state index < -0.39 is 17.9 Å². The number of phenolic OH excluding ortho intramolecular Hbond substituents is 1. The number of amides is 1. The highest BCUT2D eigenvalue weighted by Gasteiger charge is 2.47. The van der Waals surface area contributed by atoms with E-state index in [0.29, 0.717) is 18.1 Å². The topological polar surface area (TPSA) is 84.7 Å². The van der Waals surface area contributed by atoms with E-state index in [1.165, 1.54) is 0 Å².